The molecule has 2 aromatic carbocycles. The lowest BCUT2D eigenvalue weighted by molar-refractivity contribution is -0.121. The molecule has 0 spiro atoms. The van der Waals surface area contributed by atoms with Crippen molar-refractivity contribution in [1.29, 1.82) is 0 Å². The average molecular weight is 323 g/mol. The van der Waals surface area contributed by atoms with Crippen molar-refractivity contribution in [2.45, 2.75) is 39.5 Å². The van der Waals surface area contributed by atoms with Gasteiger partial charge < -0.3 is 5.32 Å². The molecule has 0 saturated heterocycles. The molecule has 2 rings (SSSR count). The third kappa shape index (κ3) is 5.05. The Labute approximate surface area is 144 Å². The lowest BCUT2D eigenvalue weighted by Crippen LogP contribution is -2.27. The standard InChI is InChI=1S/C21H25NO2/c1-15-9-10-16(2)19(13-15)20(23)11-12-21(24)22-14-17(3)18-7-5-4-6-8-18/h4-10,13,17H,11-12,14H2,1-3H3,(H,22,24). The summed E-state index contributed by atoms with van der Waals surface area (Å²) in [4.78, 5) is 24.3. The second-order valence-corrected chi connectivity index (χ2v) is 6.36. The SMILES string of the molecule is Cc1ccc(C)c(C(=O)CCC(=O)NCC(C)c2ccccc2)c1. The summed E-state index contributed by atoms with van der Waals surface area (Å²) in [5.74, 6) is 0.212. The quantitative estimate of drug-likeness (QED) is 0.777. The van der Waals surface area contributed by atoms with E-state index in [1.807, 2.05) is 50.2 Å². The second-order valence-electron chi connectivity index (χ2n) is 6.36. The van der Waals surface area contributed by atoms with Crippen LogP contribution in [0.3, 0.4) is 0 Å². The van der Waals surface area contributed by atoms with Crippen molar-refractivity contribution in [1.82, 2.24) is 5.32 Å². The molecule has 0 aliphatic rings. The number of carbonyl (C=O) groups is 2. The van der Waals surface area contributed by atoms with E-state index < -0.39 is 0 Å². The molecule has 0 saturated carbocycles. The van der Waals surface area contributed by atoms with Gasteiger partial charge in [-0.3, -0.25) is 9.59 Å². The summed E-state index contributed by atoms with van der Waals surface area (Å²) in [6.45, 7) is 6.56. The smallest absolute Gasteiger partial charge is 0.220 e. The van der Waals surface area contributed by atoms with Crippen molar-refractivity contribution < 1.29 is 9.59 Å². The molecule has 0 aliphatic heterocycles. The van der Waals surface area contributed by atoms with Crippen LogP contribution in [0.5, 0.6) is 0 Å². The Bertz CT molecular complexity index is 707. The van der Waals surface area contributed by atoms with Crippen LogP contribution < -0.4 is 5.32 Å². The summed E-state index contributed by atoms with van der Waals surface area (Å²) in [6, 6.07) is 15.9. The van der Waals surface area contributed by atoms with E-state index in [2.05, 4.69) is 24.4 Å². The van der Waals surface area contributed by atoms with Gasteiger partial charge in [-0.1, -0.05) is 55.0 Å². The van der Waals surface area contributed by atoms with E-state index in [1.54, 1.807) is 0 Å². The van der Waals surface area contributed by atoms with Gasteiger partial charge in [0, 0.05) is 24.9 Å². The highest BCUT2D eigenvalue weighted by molar-refractivity contribution is 5.99. The van der Waals surface area contributed by atoms with E-state index in [1.165, 1.54) is 5.56 Å². The van der Waals surface area contributed by atoms with E-state index in [0.717, 1.165) is 16.7 Å². The van der Waals surface area contributed by atoms with Crippen molar-refractivity contribution in [3.8, 4) is 0 Å². The van der Waals surface area contributed by atoms with Gasteiger partial charge in [0.1, 0.15) is 0 Å². The van der Waals surface area contributed by atoms with E-state index in [9.17, 15) is 9.59 Å². The number of amides is 1. The van der Waals surface area contributed by atoms with Gasteiger partial charge >= 0.3 is 0 Å². The summed E-state index contributed by atoms with van der Waals surface area (Å²) < 4.78 is 0. The van der Waals surface area contributed by atoms with Crippen LogP contribution in [-0.2, 0) is 4.79 Å². The Kier molecular flexibility index (Phi) is 6.30. The average Bonchev–Trinajstić information content (AvgIpc) is 2.60. The number of hydrogen-bond acceptors (Lipinski definition) is 2. The Hall–Kier alpha value is -2.42. The Balaban J connectivity index is 1.81. The van der Waals surface area contributed by atoms with Crippen LogP contribution in [0.4, 0.5) is 0 Å². The van der Waals surface area contributed by atoms with Crippen LogP contribution in [0.2, 0.25) is 0 Å². The highest BCUT2D eigenvalue weighted by atomic mass is 16.2. The van der Waals surface area contributed by atoms with Crippen molar-refractivity contribution >= 4 is 11.7 Å². The Morgan fingerprint density at radius 3 is 2.42 bits per heavy atom. The number of rotatable bonds is 7. The number of Topliss-reactive ketones (excluding diaryl/α,β-unsaturated/α-hetero) is 1. The number of aryl methyl sites for hydroxylation is 2. The minimum Gasteiger partial charge on any atom is -0.355 e. The lowest BCUT2D eigenvalue weighted by atomic mass is 9.99. The number of carbonyl (C=O) groups excluding carboxylic acids is 2. The second kappa shape index (κ2) is 8.44. The molecule has 3 heteroatoms. The summed E-state index contributed by atoms with van der Waals surface area (Å²) >= 11 is 0. The molecule has 2 aromatic rings. The molecule has 0 radical (unpaired) electrons. The van der Waals surface area contributed by atoms with Crippen LogP contribution in [0.1, 0.15) is 52.7 Å². The normalized spacial score (nSPS) is 11.8. The van der Waals surface area contributed by atoms with E-state index in [4.69, 9.17) is 0 Å². The number of benzene rings is 2. The van der Waals surface area contributed by atoms with Crippen molar-refractivity contribution in [2.75, 3.05) is 6.54 Å². The highest BCUT2D eigenvalue weighted by Crippen LogP contribution is 2.15. The van der Waals surface area contributed by atoms with Gasteiger partial charge in [0.05, 0.1) is 0 Å². The molecule has 24 heavy (non-hydrogen) atoms. The van der Waals surface area contributed by atoms with Crippen LogP contribution >= 0.6 is 0 Å². The fraction of sp³-hybridized carbons (Fsp3) is 0.333. The monoisotopic (exact) mass is 323 g/mol. The number of hydrogen-bond donors (Lipinski definition) is 1. The Morgan fingerprint density at radius 2 is 1.71 bits per heavy atom. The van der Waals surface area contributed by atoms with E-state index in [-0.39, 0.29) is 30.4 Å². The zero-order valence-corrected chi connectivity index (χ0v) is 14.6. The molecule has 3 nitrogen and oxygen atoms in total. The summed E-state index contributed by atoms with van der Waals surface area (Å²) in [5, 5.41) is 2.92. The molecule has 126 valence electrons. The minimum atomic E-state index is -0.0727. The first kappa shape index (κ1) is 17.9. The van der Waals surface area contributed by atoms with Crippen LogP contribution in [0, 0.1) is 13.8 Å². The first-order valence-electron chi connectivity index (χ1n) is 8.39. The first-order valence-corrected chi connectivity index (χ1v) is 8.39. The van der Waals surface area contributed by atoms with Crippen molar-refractivity contribution in [2.24, 2.45) is 0 Å². The van der Waals surface area contributed by atoms with Crippen LogP contribution in [-0.4, -0.2) is 18.2 Å². The maximum Gasteiger partial charge on any atom is 0.220 e. The molecule has 1 N–H and O–H groups in total. The van der Waals surface area contributed by atoms with Gasteiger partial charge in [0.25, 0.3) is 0 Å². The zero-order valence-electron chi connectivity index (χ0n) is 14.6. The minimum absolute atomic E-state index is 0.0301. The molecule has 1 atom stereocenters. The molecular formula is C21H25NO2. The van der Waals surface area contributed by atoms with Crippen LogP contribution in [0.25, 0.3) is 0 Å². The molecule has 0 bridgehead atoms. The molecule has 1 amide bonds. The molecule has 1 unspecified atom stereocenters. The predicted octanol–water partition coefficient (Wildman–Crippen LogP) is 4.19. The molecule has 0 heterocycles. The van der Waals surface area contributed by atoms with Crippen LogP contribution in [0.15, 0.2) is 48.5 Å². The molecule has 0 aromatic heterocycles. The molecule has 0 fully saturated rings. The number of ketones is 1. The first-order chi connectivity index (χ1) is 11.5. The lowest BCUT2D eigenvalue weighted by Gasteiger charge is -2.13. The predicted molar refractivity (Wildman–Crippen MR) is 97.3 cm³/mol. The highest BCUT2D eigenvalue weighted by Gasteiger charge is 2.13. The summed E-state index contributed by atoms with van der Waals surface area (Å²) in [7, 11) is 0. The summed E-state index contributed by atoms with van der Waals surface area (Å²) in [6.07, 6.45) is 0.476. The number of nitrogens with one attached hydrogen (secondary N) is 1. The van der Waals surface area contributed by atoms with E-state index in [0.29, 0.717) is 6.54 Å². The van der Waals surface area contributed by atoms with Gasteiger partial charge in [0.2, 0.25) is 5.91 Å². The fourth-order valence-electron chi connectivity index (χ4n) is 2.65. The maximum atomic E-state index is 12.3. The third-order valence-electron chi connectivity index (χ3n) is 4.25. The van der Waals surface area contributed by atoms with Gasteiger partial charge in [0.15, 0.2) is 5.78 Å². The maximum absolute atomic E-state index is 12.3. The zero-order chi connectivity index (χ0) is 17.5. The summed E-state index contributed by atoms with van der Waals surface area (Å²) in [5.41, 5.74) is 3.94. The topological polar surface area (TPSA) is 46.2 Å². The largest absolute Gasteiger partial charge is 0.355 e. The fourth-order valence-corrected chi connectivity index (χ4v) is 2.65. The van der Waals surface area contributed by atoms with Gasteiger partial charge in [-0.2, -0.15) is 0 Å². The van der Waals surface area contributed by atoms with E-state index >= 15 is 0 Å². The third-order valence-corrected chi connectivity index (χ3v) is 4.25. The van der Waals surface area contributed by atoms with Gasteiger partial charge in [-0.05, 0) is 37.0 Å². The Morgan fingerprint density at radius 1 is 1.00 bits per heavy atom. The van der Waals surface area contributed by atoms with Gasteiger partial charge in [-0.15, -0.1) is 0 Å². The van der Waals surface area contributed by atoms with Crippen molar-refractivity contribution in [3.63, 3.8) is 0 Å². The molecule has 0 aliphatic carbocycles. The van der Waals surface area contributed by atoms with Gasteiger partial charge in [-0.25, -0.2) is 0 Å². The van der Waals surface area contributed by atoms with Crippen molar-refractivity contribution in [3.05, 3.63) is 70.8 Å². The molecular weight excluding hydrogens is 298 g/mol.